The summed E-state index contributed by atoms with van der Waals surface area (Å²) in [4.78, 5) is 0. The van der Waals surface area contributed by atoms with Gasteiger partial charge in [0.15, 0.2) is 0 Å². The minimum atomic E-state index is 0.833. The molecule has 12 heavy (non-hydrogen) atoms. The summed E-state index contributed by atoms with van der Waals surface area (Å²) in [6.45, 7) is 3.00. The Labute approximate surface area is 75.2 Å². The van der Waals surface area contributed by atoms with Crippen molar-refractivity contribution in [2.75, 3.05) is 6.61 Å². The van der Waals surface area contributed by atoms with Gasteiger partial charge in [-0.05, 0) is 18.6 Å². The van der Waals surface area contributed by atoms with E-state index in [1.807, 2.05) is 12.1 Å². The monoisotopic (exact) mass is 162 g/mol. The Morgan fingerprint density at radius 3 is 2.50 bits per heavy atom. The van der Waals surface area contributed by atoms with E-state index in [0.29, 0.717) is 0 Å². The van der Waals surface area contributed by atoms with E-state index in [1.165, 1.54) is 11.9 Å². The van der Waals surface area contributed by atoms with Crippen LogP contribution in [-0.2, 0) is 0 Å². The molecule has 0 saturated heterocycles. The van der Waals surface area contributed by atoms with E-state index < -0.39 is 0 Å². The van der Waals surface area contributed by atoms with Crippen LogP contribution in [0.5, 0.6) is 5.75 Å². The van der Waals surface area contributed by atoms with E-state index in [2.05, 4.69) is 26.9 Å². The van der Waals surface area contributed by atoms with Crippen LogP contribution >= 0.6 is 0 Å². The summed E-state index contributed by atoms with van der Waals surface area (Å²) in [5.41, 5.74) is 1.28. The van der Waals surface area contributed by atoms with Crippen molar-refractivity contribution in [3.63, 3.8) is 0 Å². The van der Waals surface area contributed by atoms with Crippen LogP contribution in [-0.4, -0.2) is 14.5 Å². The topological polar surface area (TPSA) is 9.23 Å². The van der Waals surface area contributed by atoms with Gasteiger partial charge >= 0.3 is 0 Å². The van der Waals surface area contributed by atoms with Crippen molar-refractivity contribution in [3.8, 4) is 5.75 Å². The first-order valence-corrected chi connectivity index (χ1v) is 4.52. The second-order valence-electron chi connectivity index (χ2n) is 3.02. The van der Waals surface area contributed by atoms with Crippen molar-refractivity contribution in [1.29, 1.82) is 0 Å². The van der Waals surface area contributed by atoms with Crippen LogP contribution in [0.3, 0.4) is 0 Å². The zero-order valence-corrected chi connectivity index (χ0v) is 7.84. The van der Waals surface area contributed by atoms with Gasteiger partial charge in [-0.15, -0.1) is 0 Å². The summed E-state index contributed by atoms with van der Waals surface area (Å²) in [5, 5.41) is 0. The molecule has 0 radical (unpaired) electrons. The quantitative estimate of drug-likeness (QED) is 0.476. The third kappa shape index (κ3) is 2.99. The SMILES string of the molecule is Bc1ccc(OCCCC)cc1. The molecule has 0 aromatic heterocycles. The highest BCUT2D eigenvalue weighted by atomic mass is 16.5. The Kier molecular flexibility index (Phi) is 3.72. The van der Waals surface area contributed by atoms with E-state index >= 15 is 0 Å². The van der Waals surface area contributed by atoms with Gasteiger partial charge in [-0.3, -0.25) is 0 Å². The molecule has 0 atom stereocenters. The molecule has 1 aromatic rings. The van der Waals surface area contributed by atoms with Gasteiger partial charge in [0.05, 0.1) is 6.61 Å². The minimum absolute atomic E-state index is 0.833. The molecule has 1 nitrogen and oxygen atoms in total. The number of hydrogen-bond donors (Lipinski definition) is 0. The smallest absolute Gasteiger partial charge is 0.139 e. The average Bonchev–Trinajstić information content (AvgIpc) is 2.09. The molecule has 1 rings (SSSR count). The van der Waals surface area contributed by atoms with Crippen LogP contribution in [0.2, 0.25) is 0 Å². The Morgan fingerprint density at radius 2 is 1.92 bits per heavy atom. The fraction of sp³-hybridized carbons (Fsp3) is 0.400. The molecule has 0 amide bonds. The maximum atomic E-state index is 5.50. The Hall–Kier alpha value is -0.915. The fourth-order valence-electron chi connectivity index (χ4n) is 0.969. The predicted molar refractivity (Wildman–Crippen MR) is 55.0 cm³/mol. The average molecular weight is 162 g/mol. The third-order valence-corrected chi connectivity index (χ3v) is 1.79. The molecule has 0 spiro atoms. The van der Waals surface area contributed by atoms with E-state index in [1.54, 1.807) is 0 Å². The fourth-order valence-corrected chi connectivity index (χ4v) is 0.969. The first kappa shape index (κ1) is 9.18. The van der Waals surface area contributed by atoms with Gasteiger partial charge in [-0.1, -0.05) is 30.9 Å². The lowest BCUT2D eigenvalue weighted by Crippen LogP contribution is -2.01. The summed E-state index contributed by atoms with van der Waals surface area (Å²) >= 11 is 0. The molecule has 0 aliphatic rings. The second-order valence-corrected chi connectivity index (χ2v) is 3.02. The van der Waals surface area contributed by atoms with Crippen molar-refractivity contribution < 1.29 is 4.74 Å². The van der Waals surface area contributed by atoms with Gasteiger partial charge in [0.1, 0.15) is 13.6 Å². The first-order chi connectivity index (χ1) is 5.83. The molecule has 0 unspecified atom stereocenters. The van der Waals surface area contributed by atoms with Gasteiger partial charge in [0, 0.05) is 0 Å². The molecule has 64 valence electrons. The molecule has 0 N–H and O–H groups in total. The normalized spacial score (nSPS) is 9.75. The largest absolute Gasteiger partial charge is 0.494 e. The highest BCUT2D eigenvalue weighted by molar-refractivity contribution is 6.32. The van der Waals surface area contributed by atoms with Crippen LogP contribution in [0.15, 0.2) is 24.3 Å². The van der Waals surface area contributed by atoms with E-state index in [9.17, 15) is 0 Å². The highest BCUT2D eigenvalue weighted by Crippen LogP contribution is 2.07. The molecule has 2 heteroatoms. The first-order valence-electron chi connectivity index (χ1n) is 4.52. The van der Waals surface area contributed by atoms with E-state index in [-0.39, 0.29) is 0 Å². The highest BCUT2D eigenvalue weighted by Gasteiger charge is 1.90. The summed E-state index contributed by atoms with van der Waals surface area (Å²) in [5.74, 6) is 0.981. The molecule has 0 heterocycles. The lowest BCUT2D eigenvalue weighted by Gasteiger charge is -2.04. The van der Waals surface area contributed by atoms with Gasteiger partial charge in [0.25, 0.3) is 0 Å². The van der Waals surface area contributed by atoms with Crippen molar-refractivity contribution in [1.82, 2.24) is 0 Å². The predicted octanol–water partition coefficient (Wildman–Crippen LogP) is 1.12. The minimum Gasteiger partial charge on any atom is -0.494 e. The lowest BCUT2D eigenvalue weighted by molar-refractivity contribution is 0.309. The number of unbranched alkanes of at least 4 members (excludes halogenated alkanes) is 1. The molecule has 0 bridgehead atoms. The number of hydrogen-bond acceptors (Lipinski definition) is 1. The maximum absolute atomic E-state index is 5.50. The summed E-state index contributed by atoms with van der Waals surface area (Å²) < 4.78 is 5.50. The standard InChI is InChI=1S/C10H15BO/c1-2-3-8-12-10-6-4-9(11)5-7-10/h4-7H,2-3,8,11H2,1H3. The Balaban J connectivity index is 2.37. The van der Waals surface area contributed by atoms with E-state index in [4.69, 9.17) is 4.74 Å². The summed E-state index contributed by atoms with van der Waals surface area (Å²) in [6, 6.07) is 8.18. The maximum Gasteiger partial charge on any atom is 0.139 e. The zero-order valence-electron chi connectivity index (χ0n) is 7.84. The van der Waals surface area contributed by atoms with Crippen molar-refractivity contribution in [3.05, 3.63) is 24.3 Å². The summed E-state index contributed by atoms with van der Waals surface area (Å²) in [6.07, 6.45) is 2.32. The van der Waals surface area contributed by atoms with Crippen molar-refractivity contribution in [2.45, 2.75) is 19.8 Å². The van der Waals surface area contributed by atoms with Gasteiger partial charge in [0.2, 0.25) is 0 Å². The van der Waals surface area contributed by atoms with Crippen molar-refractivity contribution in [2.24, 2.45) is 0 Å². The number of ether oxygens (including phenoxy) is 1. The zero-order chi connectivity index (χ0) is 8.81. The molecular formula is C10H15BO. The Bertz CT molecular complexity index is 218. The number of benzene rings is 1. The molecule has 0 aliphatic heterocycles. The van der Waals surface area contributed by atoms with Crippen LogP contribution in [0, 0.1) is 0 Å². The molecule has 1 aromatic carbocycles. The van der Waals surface area contributed by atoms with Crippen LogP contribution < -0.4 is 10.2 Å². The van der Waals surface area contributed by atoms with Crippen LogP contribution in [0.1, 0.15) is 19.8 Å². The second kappa shape index (κ2) is 4.86. The Morgan fingerprint density at radius 1 is 1.25 bits per heavy atom. The third-order valence-electron chi connectivity index (χ3n) is 1.79. The van der Waals surface area contributed by atoms with Gasteiger partial charge in [-0.2, -0.15) is 0 Å². The lowest BCUT2D eigenvalue weighted by atomic mass is 9.97. The van der Waals surface area contributed by atoms with Crippen LogP contribution in [0.4, 0.5) is 0 Å². The molecule has 0 saturated carbocycles. The van der Waals surface area contributed by atoms with Gasteiger partial charge in [-0.25, -0.2) is 0 Å². The summed E-state index contributed by atoms with van der Waals surface area (Å²) in [7, 11) is 2.08. The van der Waals surface area contributed by atoms with Gasteiger partial charge < -0.3 is 4.74 Å². The molecule has 0 aliphatic carbocycles. The van der Waals surface area contributed by atoms with Crippen molar-refractivity contribution >= 4 is 13.3 Å². The van der Waals surface area contributed by atoms with E-state index in [0.717, 1.165) is 18.8 Å². The van der Waals surface area contributed by atoms with Crippen LogP contribution in [0.25, 0.3) is 0 Å². The molecular weight excluding hydrogens is 147 g/mol. The molecule has 0 fully saturated rings. The number of rotatable bonds is 4.